The van der Waals surface area contributed by atoms with Crippen molar-refractivity contribution in [2.75, 3.05) is 6.54 Å². The van der Waals surface area contributed by atoms with Gasteiger partial charge in [-0.05, 0) is 48.4 Å². The van der Waals surface area contributed by atoms with E-state index in [4.69, 9.17) is 0 Å². The van der Waals surface area contributed by atoms with E-state index in [2.05, 4.69) is 53.1 Å². The molecule has 0 saturated carbocycles. The van der Waals surface area contributed by atoms with Crippen LogP contribution in [0.1, 0.15) is 42.8 Å². The van der Waals surface area contributed by atoms with Crippen molar-refractivity contribution in [2.24, 2.45) is 5.92 Å². The van der Waals surface area contributed by atoms with Gasteiger partial charge in [0.05, 0.1) is 6.54 Å². The van der Waals surface area contributed by atoms with Crippen LogP contribution in [0.15, 0.2) is 30.6 Å². The number of benzene rings is 1. The van der Waals surface area contributed by atoms with E-state index in [9.17, 15) is 0 Å². The molecule has 2 aromatic rings. The zero-order chi connectivity index (χ0) is 14.7. The summed E-state index contributed by atoms with van der Waals surface area (Å²) < 4.78 is 2.25. The second-order valence-electron chi connectivity index (χ2n) is 6.45. The zero-order valence-electron chi connectivity index (χ0n) is 13.1. The number of aryl methyl sites for hydroxylation is 2. The fraction of sp³-hybridized carbons (Fsp3) is 0.500. The van der Waals surface area contributed by atoms with Crippen LogP contribution in [0.4, 0.5) is 0 Å². The maximum absolute atomic E-state index is 4.48. The van der Waals surface area contributed by atoms with Crippen molar-refractivity contribution in [3.63, 3.8) is 0 Å². The Bertz CT molecular complexity index is 598. The van der Waals surface area contributed by atoms with Crippen molar-refractivity contribution in [3.05, 3.63) is 53.1 Å². The van der Waals surface area contributed by atoms with Gasteiger partial charge in [-0.25, -0.2) is 4.98 Å². The summed E-state index contributed by atoms with van der Waals surface area (Å²) in [4.78, 5) is 4.48. The van der Waals surface area contributed by atoms with Gasteiger partial charge in [-0.2, -0.15) is 0 Å². The Kier molecular flexibility index (Phi) is 4.39. The van der Waals surface area contributed by atoms with E-state index in [1.807, 2.05) is 6.20 Å². The summed E-state index contributed by atoms with van der Waals surface area (Å²) in [6.45, 7) is 7.25. The summed E-state index contributed by atoms with van der Waals surface area (Å²) in [6, 6.07) is 6.97. The van der Waals surface area contributed by atoms with Gasteiger partial charge in [0.15, 0.2) is 0 Å². The number of aromatic nitrogens is 2. The molecule has 1 aromatic heterocycles. The van der Waals surface area contributed by atoms with Crippen LogP contribution in [0.25, 0.3) is 0 Å². The predicted octanol–water partition coefficient (Wildman–Crippen LogP) is 3.17. The first kappa shape index (κ1) is 14.3. The lowest BCUT2D eigenvalue weighted by Gasteiger charge is -2.11. The van der Waals surface area contributed by atoms with Gasteiger partial charge in [0.1, 0.15) is 5.82 Å². The molecule has 1 heterocycles. The van der Waals surface area contributed by atoms with E-state index in [1.54, 1.807) is 11.1 Å². The maximum atomic E-state index is 4.48. The summed E-state index contributed by atoms with van der Waals surface area (Å²) >= 11 is 0. The summed E-state index contributed by atoms with van der Waals surface area (Å²) in [7, 11) is 0. The largest absolute Gasteiger partial charge is 0.329 e. The SMILES string of the molecule is CC(C)CNCc1nccn1Cc1ccc2c(c1)CCC2. The molecule has 112 valence electrons. The Morgan fingerprint density at radius 3 is 2.95 bits per heavy atom. The molecular formula is C18H25N3. The highest BCUT2D eigenvalue weighted by Crippen LogP contribution is 2.23. The predicted molar refractivity (Wildman–Crippen MR) is 86.3 cm³/mol. The molecule has 0 radical (unpaired) electrons. The molecule has 0 saturated heterocycles. The minimum Gasteiger partial charge on any atom is -0.329 e. The molecule has 3 rings (SSSR count). The number of nitrogens with one attached hydrogen (secondary N) is 1. The Hall–Kier alpha value is -1.61. The molecule has 1 N–H and O–H groups in total. The summed E-state index contributed by atoms with van der Waals surface area (Å²) in [6.07, 6.45) is 7.80. The smallest absolute Gasteiger partial charge is 0.122 e. The highest BCUT2D eigenvalue weighted by atomic mass is 15.1. The Morgan fingerprint density at radius 2 is 2.10 bits per heavy atom. The topological polar surface area (TPSA) is 29.9 Å². The van der Waals surface area contributed by atoms with E-state index in [-0.39, 0.29) is 0 Å². The lowest BCUT2D eigenvalue weighted by atomic mass is 10.1. The van der Waals surface area contributed by atoms with E-state index < -0.39 is 0 Å². The van der Waals surface area contributed by atoms with E-state index in [0.717, 1.165) is 25.5 Å². The monoisotopic (exact) mass is 283 g/mol. The molecule has 3 heteroatoms. The van der Waals surface area contributed by atoms with Crippen LogP contribution in [0.5, 0.6) is 0 Å². The fourth-order valence-electron chi connectivity index (χ4n) is 3.04. The lowest BCUT2D eigenvalue weighted by molar-refractivity contribution is 0.533. The number of imidazole rings is 1. The van der Waals surface area contributed by atoms with Gasteiger partial charge in [-0.3, -0.25) is 0 Å². The number of fused-ring (bicyclic) bond motifs is 1. The fourth-order valence-corrected chi connectivity index (χ4v) is 3.04. The quantitative estimate of drug-likeness (QED) is 0.882. The molecule has 0 spiro atoms. The van der Waals surface area contributed by atoms with Crippen LogP contribution in [-0.2, 0) is 25.9 Å². The van der Waals surface area contributed by atoms with Gasteiger partial charge >= 0.3 is 0 Å². The average molecular weight is 283 g/mol. The molecule has 0 fully saturated rings. The first-order valence-electron chi connectivity index (χ1n) is 8.04. The lowest BCUT2D eigenvalue weighted by Crippen LogP contribution is -2.21. The van der Waals surface area contributed by atoms with Crippen molar-refractivity contribution >= 4 is 0 Å². The van der Waals surface area contributed by atoms with Gasteiger partial charge in [-0.1, -0.05) is 32.0 Å². The van der Waals surface area contributed by atoms with Crippen LogP contribution in [0.3, 0.4) is 0 Å². The second-order valence-corrected chi connectivity index (χ2v) is 6.45. The molecule has 1 aromatic carbocycles. The average Bonchev–Trinajstić information content (AvgIpc) is 3.07. The normalized spacial score (nSPS) is 13.9. The molecule has 1 aliphatic carbocycles. The minimum absolute atomic E-state index is 0.671. The van der Waals surface area contributed by atoms with Crippen LogP contribution in [0, 0.1) is 5.92 Å². The van der Waals surface area contributed by atoms with Crippen LogP contribution < -0.4 is 5.32 Å². The Morgan fingerprint density at radius 1 is 1.24 bits per heavy atom. The van der Waals surface area contributed by atoms with E-state index >= 15 is 0 Å². The van der Waals surface area contributed by atoms with Gasteiger partial charge < -0.3 is 9.88 Å². The minimum atomic E-state index is 0.671. The molecule has 0 amide bonds. The first-order chi connectivity index (χ1) is 10.2. The highest BCUT2D eigenvalue weighted by Gasteiger charge is 2.11. The Labute approximate surface area is 127 Å². The van der Waals surface area contributed by atoms with Crippen molar-refractivity contribution in [1.29, 1.82) is 0 Å². The maximum Gasteiger partial charge on any atom is 0.122 e. The van der Waals surface area contributed by atoms with Crippen molar-refractivity contribution in [3.8, 4) is 0 Å². The second kappa shape index (κ2) is 6.44. The number of rotatable bonds is 6. The molecule has 21 heavy (non-hydrogen) atoms. The van der Waals surface area contributed by atoms with Gasteiger partial charge in [0.25, 0.3) is 0 Å². The van der Waals surface area contributed by atoms with Gasteiger partial charge in [-0.15, -0.1) is 0 Å². The third-order valence-electron chi connectivity index (χ3n) is 4.15. The van der Waals surface area contributed by atoms with Crippen LogP contribution in [-0.4, -0.2) is 16.1 Å². The molecule has 0 atom stereocenters. The summed E-state index contributed by atoms with van der Waals surface area (Å²) in [5, 5.41) is 3.47. The van der Waals surface area contributed by atoms with Gasteiger partial charge in [0, 0.05) is 18.9 Å². The van der Waals surface area contributed by atoms with E-state index in [0.29, 0.717) is 5.92 Å². The Balaban J connectivity index is 1.66. The molecular weight excluding hydrogens is 258 g/mol. The van der Waals surface area contributed by atoms with Crippen molar-refractivity contribution in [1.82, 2.24) is 14.9 Å². The van der Waals surface area contributed by atoms with Gasteiger partial charge in [0.2, 0.25) is 0 Å². The molecule has 0 aliphatic heterocycles. The standard InChI is InChI=1S/C18H25N3/c1-14(2)11-19-12-18-20-8-9-21(18)13-15-6-7-16-4-3-5-17(16)10-15/h6-10,14,19H,3-5,11-13H2,1-2H3. The summed E-state index contributed by atoms with van der Waals surface area (Å²) in [5.74, 6) is 1.79. The molecule has 3 nitrogen and oxygen atoms in total. The van der Waals surface area contributed by atoms with Crippen LogP contribution >= 0.6 is 0 Å². The van der Waals surface area contributed by atoms with Crippen LogP contribution in [0.2, 0.25) is 0 Å². The number of nitrogens with zero attached hydrogens (tertiary/aromatic N) is 2. The number of hydrogen-bond donors (Lipinski definition) is 1. The highest BCUT2D eigenvalue weighted by molar-refractivity contribution is 5.35. The molecule has 0 bridgehead atoms. The third-order valence-corrected chi connectivity index (χ3v) is 4.15. The summed E-state index contributed by atoms with van der Waals surface area (Å²) in [5.41, 5.74) is 4.48. The van der Waals surface area contributed by atoms with Crippen molar-refractivity contribution < 1.29 is 0 Å². The van der Waals surface area contributed by atoms with E-state index in [1.165, 1.54) is 24.8 Å². The first-order valence-corrected chi connectivity index (χ1v) is 8.04. The molecule has 1 aliphatic rings. The number of hydrogen-bond acceptors (Lipinski definition) is 2. The van der Waals surface area contributed by atoms with Crippen molar-refractivity contribution in [2.45, 2.75) is 46.2 Å². The zero-order valence-corrected chi connectivity index (χ0v) is 13.1. The molecule has 0 unspecified atom stereocenters. The third kappa shape index (κ3) is 3.53.